The van der Waals surface area contributed by atoms with E-state index in [0.717, 1.165) is 26.1 Å². The quantitative estimate of drug-likeness (QED) is 0.672. The summed E-state index contributed by atoms with van der Waals surface area (Å²) in [6, 6.07) is 9.23. The molecule has 0 unspecified atom stereocenters. The van der Waals surface area contributed by atoms with Gasteiger partial charge in [0.1, 0.15) is 0 Å². The lowest BCUT2D eigenvalue weighted by atomic mass is 10.1. The molecule has 3 nitrogen and oxygen atoms in total. The van der Waals surface area contributed by atoms with Gasteiger partial charge in [0.15, 0.2) is 0 Å². The summed E-state index contributed by atoms with van der Waals surface area (Å²) < 4.78 is 2.37. The third-order valence-corrected chi connectivity index (χ3v) is 5.65. The number of rotatable bonds is 9. The number of unbranched alkanes of at least 4 members (excludes halogenated alkanes) is 5. The molecule has 138 valence electrons. The highest BCUT2D eigenvalue weighted by atomic mass is 16.3. The third-order valence-electron chi connectivity index (χ3n) is 5.65. The molecule has 0 radical (unpaired) electrons. The van der Waals surface area contributed by atoms with E-state index >= 15 is 0 Å². The van der Waals surface area contributed by atoms with E-state index in [-0.39, 0.29) is 6.10 Å². The maximum atomic E-state index is 9.69. The minimum atomic E-state index is -0.135. The van der Waals surface area contributed by atoms with Gasteiger partial charge in [-0.05, 0) is 43.0 Å². The van der Waals surface area contributed by atoms with Gasteiger partial charge in [0.05, 0.1) is 6.10 Å². The second kappa shape index (κ2) is 8.86. The number of hydrogen-bond donors (Lipinski definition) is 1. The second-order valence-corrected chi connectivity index (χ2v) is 7.78. The van der Waals surface area contributed by atoms with Crippen LogP contribution in [-0.2, 0) is 20.0 Å². The predicted octanol–water partition coefficient (Wildman–Crippen LogP) is 4.65. The first-order valence-corrected chi connectivity index (χ1v) is 10.1. The lowest BCUT2D eigenvalue weighted by Crippen LogP contribution is -2.21. The van der Waals surface area contributed by atoms with Crippen molar-refractivity contribution in [3.8, 4) is 0 Å². The van der Waals surface area contributed by atoms with Gasteiger partial charge in [0.25, 0.3) is 0 Å². The Bertz CT molecular complexity index is 676. The molecule has 1 fully saturated rings. The smallest absolute Gasteiger partial charge is 0.0679 e. The number of likely N-dealkylation sites (tertiary alicyclic amines) is 1. The summed E-state index contributed by atoms with van der Waals surface area (Å²) in [5.74, 6) is 0. The number of aryl methyl sites for hydroxylation is 2. The van der Waals surface area contributed by atoms with Gasteiger partial charge < -0.3 is 9.67 Å². The number of aromatic nitrogens is 1. The van der Waals surface area contributed by atoms with Crippen LogP contribution in [0.3, 0.4) is 0 Å². The van der Waals surface area contributed by atoms with Crippen molar-refractivity contribution in [2.75, 3.05) is 13.1 Å². The zero-order valence-electron chi connectivity index (χ0n) is 16.0. The van der Waals surface area contributed by atoms with E-state index in [1.807, 2.05) is 0 Å². The zero-order valence-corrected chi connectivity index (χ0v) is 16.0. The molecular formula is C22H34N2O. The van der Waals surface area contributed by atoms with Crippen LogP contribution >= 0.6 is 0 Å². The van der Waals surface area contributed by atoms with E-state index in [1.54, 1.807) is 0 Å². The summed E-state index contributed by atoms with van der Waals surface area (Å²) in [5, 5.41) is 11.1. The predicted molar refractivity (Wildman–Crippen MR) is 106 cm³/mol. The van der Waals surface area contributed by atoms with E-state index in [4.69, 9.17) is 0 Å². The molecule has 2 heterocycles. The molecule has 0 bridgehead atoms. The monoisotopic (exact) mass is 342 g/mol. The Morgan fingerprint density at radius 2 is 1.88 bits per heavy atom. The van der Waals surface area contributed by atoms with Gasteiger partial charge in [0.2, 0.25) is 0 Å². The lowest BCUT2D eigenvalue weighted by Gasteiger charge is -2.14. The fourth-order valence-electron chi connectivity index (χ4n) is 4.09. The Balaban J connectivity index is 1.58. The van der Waals surface area contributed by atoms with Crippen LogP contribution in [0.1, 0.15) is 63.1 Å². The highest BCUT2D eigenvalue weighted by molar-refractivity contribution is 5.82. The summed E-state index contributed by atoms with van der Waals surface area (Å²) in [6.45, 7) is 5.05. The van der Waals surface area contributed by atoms with Crippen molar-refractivity contribution in [1.29, 1.82) is 0 Å². The van der Waals surface area contributed by atoms with Crippen LogP contribution in [0.2, 0.25) is 0 Å². The van der Waals surface area contributed by atoms with Gasteiger partial charge in [-0.15, -0.1) is 0 Å². The average Bonchev–Trinajstić information content (AvgIpc) is 3.14. The molecule has 1 aliphatic rings. The van der Waals surface area contributed by atoms with Crippen molar-refractivity contribution in [3.05, 3.63) is 35.5 Å². The van der Waals surface area contributed by atoms with Crippen LogP contribution in [0.25, 0.3) is 10.9 Å². The largest absolute Gasteiger partial charge is 0.392 e. The van der Waals surface area contributed by atoms with Crippen molar-refractivity contribution < 1.29 is 5.11 Å². The second-order valence-electron chi connectivity index (χ2n) is 7.78. The first-order valence-electron chi connectivity index (χ1n) is 10.1. The molecule has 3 heteroatoms. The number of aliphatic hydroxyl groups is 1. The Labute approximate surface area is 152 Å². The first-order chi connectivity index (χ1) is 12.2. The topological polar surface area (TPSA) is 28.4 Å². The summed E-state index contributed by atoms with van der Waals surface area (Å²) in [5.41, 5.74) is 4.16. The maximum Gasteiger partial charge on any atom is 0.0679 e. The molecule has 0 spiro atoms. The highest BCUT2D eigenvalue weighted by Gasteiger charge is 2.20. The van der Waals surface area contributed by atoms with E-state index in [0.29, 0.717) is 0 Å². The SMILES string of the molecule is CCCCCCCCc1cc2cc(CN3CC[C@H](O)C3)ccc2n1C. The van der Waals surface area contributed by atoms with Gasteiger partial charge in [-0.25, -0.2) is 0 Å². The number of hydrogen-bond acceptors (Lipinski definition) is 2. The highest BCUT2D eigenvalue weighted by Crippen LogP contribution is 2.23. The lowest BCUT2D eigenvalue weighted by molar-refractivity contribution is 0.175. The van der Waals surface area contributed by atoms with Crippen molar-refractivity contribution >= 4 is 10.9 Å². The molecular weight excluding hydrogens is 308 g/mol. The summed E-state index contributed by atoms with van der Waals surface area (Å²) >= 11 is 0. The van der Waals surface area contributed by atoms with Crippen LogP contribution in [0.4, 0.5) is 0 Å². The van der Waals surface area contributed by atoms with Gasteiger partial charge >= 0.3 is 0 Å². The van der Waals surface area contributed by atoms with Crippen LogP contribution < -0.4 is 0 Å². The fraction of sp³-hybridized carbons (Fsp3) is 0.636. The Kier molecular flexibility index (Phi) is 6.55. The Morgan fingerprint density at radius 1 is 1.08 bits per heavy atom. The minimum Gasteiger partial charge on any atom is -0.392 e. The Morgan fingerprint density at radius 3 is 2.64 bits per heavy atom. The van der Waals surface area contributed by atoms with Gasteiger partial charge in [0, 0.05) is 43.3 Å². The third kappa shape index (κ3) is 4.86. The average molecular weight is 343 g/mol. The number of nitrogens with zero attached hydrogens (tertiary/aromatic N) is 2. The van der Waals surface area contributed by atoms with E-state index in [1.165, 1.54) is 67.1 Å². The molecule has 1 N–H and O–H groups in total. The van der Waals surface area contributed by atoms with E-state index in [2.05, 4.69) is 47.7 Å². The van der Waals surface area contributed by atoms with Crippen LogP contribution in [-0.4, -0.2) is 33.8 Å². The van der Waals surface area contributed by atoms with Crippen molar-refractivity contribution in [2.24, 2.45) is 7.05 Å². The standard InChI is InChI=1S/C22H34N2O/c1-3-4-5-6-7-8-9-20-15-19-14-18(10-11-22(19)23(20)2)16-24-13-12-21(25)17-24/h10-11,14-15,21,25H,3-9,12-13,16-17H2,1-2H3/t21-/m0/s1. The normalized spacial score (nSPS) is 18.4. The number of aliphatic hydroxyl groups excluding tert-OH is 1. The molecule has 1 saturated heterocycles. The maximum absolute atomic E-state index is 9.69. The van der Waals surface area contributed by atoms with Crippen LogP contribution in [0.5, 0.6) is 0 Å². The molecule has 1 aliphatic heterocycles. The Hall–Kier alpha value is -1.32. The molecule has 0 saturated carbocycles. The van der Waals surface area contributed by atoms with Gasteiger partial charge in [-0.1, -0.05) is 45.1 Å². The molecule has 25 heavy (non-hydrogen) atoms. The van der Waals surface area contributed by atoms with Gasteiger partial charge in [-0.3, -0.25) is 4.90 Å². The molecule has 1 atom stereocenters. The van der Waals surface area contributed by atoms with Gasteiger partial charge in [-0.2, -0.15) is 0 Å². The molecule has 2 aromatic rings. The number of fused-ring (bicyclic) bond motifs is 1. The molecule has 0 aliphatic carbocycles. The number of β-amino-alcohol motifs (C(OH)–C–C–N with tert-alkyl or cyclic N) is 1. The molecule has 0 amide bonds. The molecule has 1 aromatic heterocycles. The van der Waals surface area contributed by atoms with Crippen molar-refractivity contribution in [3.63, 3.8) is 0 Å². The molecule has 1 aromatic carbocycles. The summed E-state index contributed by atoms with van der Waals surface area (Å²) in [4.78, 5) is 2.35. The zero-order chi connectivity index (χ0) is 17.6. The number of benzene rings is 1. The fourth-order valence-corrected chi connectivity index (χ4v) is 4.09. The molecule has 3 rings (SSSR count). The van der Waals surface area contributed by atoms with Crippen molar-refractivity contribution in [2.45, 2.75) is 70.9 Å². The minimum absolute atomic E-state index is 0.135. The van der Waals surface area contributed by atoms with E-state index in [9.17, 15) is 5.11 Å². The first kappa shape index (κ1) is 18.5. The van der Waals surface area contributed by atoms with E-state index < -0.39 is 0 Å². The van der Waals surface area contributed by atoms with Crippen LogP contribution in [0.15, 0.2) is 24.3 Å². The summed E-state index contributed by atoms with van der Waals surface area (Å²) in [7, 11) is 2.20. The van der Waals surface area contributed by atoms with Crippen LogP contribution in [0, 0.1) is 0 Å². The summed E-state index contributed by atoms with van der Waals surface area (Å²) in [6.07, 6.45) is 10.1. The van der Waals surface area contributed by atoms with Crippen molar-refractivity contribution in [1.82, 2.24) is 9.47 Å².